The van der Waals surface area contributed by atoms with E-state index in [1.165, 1.54) is 12.0 Å². The summed E-state index contributed by atoms with van der Waals surface area (Å²) in [6.45, 7) is -0.267. The predicted molar refractivity (Wildman–Crippen MR) is 55.7 cm³/mol. The molecule has 0 spiro atoms. The summed E-state index contributed by atoms with van der Waals surface area (Å²) in [5.41, 5.74) is 0. The van der Waals surface area contributed by atoms with Gasteiger partial charge < -0.3 is 9.84 Å². The average molecular weight is 268 g/mol. The molecule has 0 radical (unpaired) electrons. The smallest absolute Gasteiger partial charge is 0.403 e. The third kappa shape index (κ3) is 6.42. The molecule has 0 aliphatic rings. The van der Waals surface area contributed by atoms with Crippen molar-refractivity contribution in [3.8, 4) is 6.07 Å². The van der Waals surface area contributed by atoms with E-state index in [9.17, 15) is 18.0 Å². The van der Waals surface area contributed by atoms with E-state index >= 15 is 0 Å². The van der Waals surface area contributed by atoms with Crippen molar-refractivity contribution >= 4 is 5.97 Å². The topological polar surface area (TPSA) is 73.6 Å². The third-order valence-electron chi connectivity index (χ3n) is 2.29. The van der Waals surface area contributed by atoms with E-state index in [0.29, 0.717) is 0 Å². The first-order valence-electron chi connectivity index (χ1n) is 5.20. The highest BCUT2D eigenvalue weighted by molar-refractivity contribution is 5.71. The number of rotatable bonds is 8. The van der Waals surface area contributed by atoms with Gasteiger partial charge in [-0.15, -0.1) is 0 Å². The molecule has 0 fully saturated rings. The molecule has 0 bridgehead atoms. The Bertz CT molecular complexity index is 302. The highest BCUT2D eigenvalue weighted by Gasteiger charge is 2.45. The van der Waals surface area contributed by atoms with Crippen LogP contribution in [-0.4, -0.2) is 55.5 Å². The minimum Gasteiger partial charge on any atom is -0.481 e. The maximum atomic E-state index is 12.5. The van der Waals surface area contributed by atoms with Gasteiger partial charge in [0.05, 0.1) is 12.7 Å². The second-order valence-corrected chi connectivity index (χ2v) is 3.63. The average Bonchev–Trinajstić information content (AvgIpc) is 2.25. The molecule has 0 saturated heterocycles. The molecule has 0 aliphatic heterocycles. The number of methoxy groups -OCH3 is 1. The number of hydrogen-bond acceptors (Lipinski definition) is 4. The van der Waals surface area contributed by atoms with Crippen LogP contribution in [0.25, 0.3) is 0 Å². The van der Waals surface area contributed by atoms with Gasteiger partial charge in [-0.05, 0) is 0 Å². The standard InChI is InChI=1S/C10H15F3N2O3/c1-18-6-5-15(4-2-3-14)7-8(9(16)17)10(11,12)13/h8H,2,4-7H2,1H3,(H,16,17). The summed E-state index contributed by atoms with van der Waals surface area (Å²) in [7, 11) is 1.39. The number of carboxylic acids is 1. The van der Waals surface area contributed by atoms with Crippen molar-refractivity contribution in [2.45, 2.75) is 12.6 Å². The summed E-state index contributed by atoms with van der Waals surface area (Å²) in [5.74, 6) is -4.37. The van der Waals surface area contributed by atoms with Crippen LogP contribution in [0.3, 0.4) is 0 Å². The minimum atomic E-state index is -4.80. The van der Waals surface area contributed by atoms with E-state index in [0.717, 1.165) is 0 Å². The van der Waals surface area contributed by atoms with Crippen LogP contribution in [0.2, 0.25) is 0 Å². The number of halogens is 3. The van der Waals surface area contributed by atoms with Crippen molar-refractivity contribution in [3.05, 3.63) is 0 Å². The van der Waals surface area contributed by atoms with Crippen molar-refractivity contribution in [1.29, 1.82) is 5.26 Å². The molecule has 18 heavy (non-hydrogen) atoms. The fourth-order valence-electron chi connectivity index (χ4n) is 1.30. The Morgan fingerprint density at radius 3 is 2.50 bits per heavy atom. The largest absolute Gasteiger partial charge is 0.481 e. The highest BCUT2D eigenvalue weighted by atomic mass is 19.4. The molecule has 8 heteroatoms. The lowest BCUT2D eigenvalue weighted by atomic mass is 10.1. The normalized spacial score (nSPS) is 13.3. The van der Waals surface area contributed by atoms with Crippen LogP contribution in [0.1, 0.15) is 6.42 Å². The van der Waals surface area contributed by atoms with Gasteiger partial charge in [0.1, 0.15) is 0 Å². The van der Waals surface area contributed by atoms with Gasteiger partial charge in [-0.1, -0.05) is 0 Å². The second kappa shape index (κ2) is 7.89. The molecule has 104 valence electrons. The molecule has 0 aliphatic carbocycles. The molecule has 0 rings (SSSR count). The van der Waals surface area contributed by atoms with Gasteiger partial charge in [-0.3, -0.25) is 9.69 Å². The lowest BCUT2D eigenvalue weighted by Crippen LogP contribution is -2.42. The third-order valence-corrected chi connectivity index (χ3v) is 2.29. The van der Waals surface area contributed by atoms with E-state index in [2.05, 4.69) is 0 Å². The quantitative estimate of drug-likeness (QED) is 0.714. The van der Waals surface area contributed by atoms with Crippen LogP contribution in [0.4, 0.5) is 13.2 Å². The molecule has 0 aromatic heterocycles. The molecule has 1 N–H and O–H groups in total. The summed E-state index contributed by atoms with van der Waals surface area (Å²) in [4.78, 5) is 11.8. The fourth-order valence-corrected chi connectivity index (χ4v) is 1.30. The van der Waals surface area contributed by atoms with Crippen molar-refractivity contribution in [2.24, 2.45) is 5.92 Å². The predicted octanol–water partition coefficient (Wildman–Crippen LogP) is 1.11. The molecule has 1 unspecified atom stereocenters. The summed E-state index contributed by atoms with van der Waals surface area (Å²) >= 11 is 0. The number of nitrogens with zero attached hydrogens (tertiary/aromatic N) is 2. The summed E-state index contributed by atoms with van der Waals surface area (Å²) in [6, 6.07) is 1.80. The summed E-state index contributed by atoms with van der Waals surface area (Å²) in [6.07, 6.45) is -4.77. The van der Waals surface area contributed by atoms with Crippen LogP contribution in [-0.2, 0) is 9.53 Å². The van der Waals surface area contributed by atoms with Gasteiger partial charge >= 0.3 is 12.1 Å². The van der Waals surface area contributed by atoms with Crippen LogP contribution >= 0.6 is 0 Å². The van der Waals surface area contributed by atoms with Crippen LogP contribution in [0, 0.1) is 17.2 Å². The summed E-state index contributed by atoms with van der Waals surface area (Å²) < 4.78 is 42.1. The van der Waals surface area contributed by atoms with Crippen molar-refractivity contribution in [1.82, 2.24) is 4.90 Å². The van der Waals surface area contributed by atoms with Crippen LogP contribution in [0.15, 0.2) is 0 Å². The molecule has 0 aromatic carbocycles. The number of hydrogen-bond donors (Lipinski definition) is 1. The Hall–Kier alpha value is -1.33. The monoisotopic (exact) mass is 268 g/mol. The Labute approximate surface area is 103 Å². The molecule has 5 nitrogen and oxygen atoms in total. The van der Waals surface area contributed by atoms with Gasteiger partial charge in [0, 0.05) is 33.2 Å². The maximum absolute atomic E-state index is 12.5. The first-order valence-corrected chi connectivity index (χ1v) is 5.20. The number of alkyl halides is 3. The molecule has 0 aromatic rings. The van der Waals surface area contributed by atoms with E-state index in [4.69, 9.17) is 15.1 Å². The van der Waals surface area contributed by atoms with Crippen LogP contribution in [0.5, 0.6) is 0 Å². The van der Waals surface area contributed by atoms with Crippen LogP contribution < -0.4 is 0 Å². The lowest BCUT2D eigenvalue weighted by molar-refractivity contribution is -0.196. The maximum Gasteiger partial charge on any atom is 0.403 e. The zero-order chi connectivity index (χ0) is 14.2. The fraction of sp³-hybridized carbons (Fsp3) is 0.800. The number of nitriles is 1. The zero-order valence-corrected chi connectivity index (χ0v) is 9.90. The van der Waals surface area contributed by atoms with E-state index in [1.807, 2.05) is 0 Å². The van der Waals surface area contributed by atoms with Gasteiger partial charge in [0.25, 0.3) is 0 Å². The van der Waals surface area contributed by atoms with Gasteiger partial charge in [0.2, 0.25) is 0 Å². The highest BCUT2D eigenvalue weighted by Crippen LogP contribution is 2.27. The van der Waals surface area contributed by atoms with Crippen molar-refractivity contribution < 1.29 is 27.8 Å². The molecular formula is C10H15F3N2O3. The van der Waals surface area contributed by atoms with Gasteiger partial charge in [-0.2, -0.15) is 18.4 Å². The van der Waals surface area contributed by atoms with E-state index in [1.54, 1.807) is 6.07 Å². The molecule has 0 heterocycles. The summed E-state index contributed by atoms with van der Waals surface area (Å²) in [5, 5.41) is 17.0. The van der Waals surface area contributed by atoms with Gasteiger partial charge in [0.15, 0.2) is 5.92 Å². The number of carboxylic acid groups (broad SMARTS) is 1. The lowest BCUT2D eigenvalue weighted by Gasteiger charge is -2.25. The minimum absolute atomic E-state index is 0.0356. The van der Waals surface area contributed by atoms with Crippen molar-refractivity contribution in [3.63, 3.8) is 0 Å². The Kier molecular flexibility index (Phi) is 7.31. The Morgan fingerprint density at radius 2 is 2.11 bits per heavy atom. The second-order valence-electron chi connectivity index (χ2n) is 3.63. The Balaban J connectivity index is 4.59. The number of ether oxygens (including phenoxy) is 1. The Morgan fingerprint density at radius 1 is 1.50 bits per heavy atom. The zero-order valence-electron chi connectivity index (χ0n) is 9.90. The van der Waals surface area contributed by atoms with Crippen molar-refractivity contribution in [2.75, 3.05) is 33.4 Å². The molecular weight excluding hydrogens is 253 g/mol. The molecule has 0 amide bonds. The number of aliphatic carboxylic acids is 1. The van der Waals surface area contributed by atoms with E-state index < -0.39 is 24.6 Å². The molecule has 1 atom stereocenters. The number of carbonyl (C=O) groups is 1. The van der Waals surface area contributed by atoms with Gasteiger partial charge in [-0.25, -0.2) is 0 Å². The first-order chi connectivity index (χ1) is 8.32. The first kappa shape index (κ1) is 16.7. The van der Waals surface area contributed by atoms with E-state index in [-0.39, 0.29) is 26.1 Å². The SMILES string of the molecule is COCCN(CCC#N)CC(C(=O)O)C(F)(F)F. The molecule has 0 saturated carbocycles.